The number of Topliss-reactive ketones (excluding diaryl/α,β-unsaturated/α-hetero) is 1. The second-order valence-corrected chi connectivity index (χ2v) is 6.15. The summed E-state index contributed by atoms with van der Waals surface area (Å²) in [5.74, 6) is 1.79. The van der Waals surface area contributed by atoms with Gasteiger partial charge in [0.05, 0.1) is 14.2 Å². The van der Waals surface area contributed by atoms with Gasteiger partial charge in [0.25, 0.3) is 0 Å². The molecule has 0 bridgehead atoms. The SMILES string of the molecule is COc1cc(OC)cc(OCC(=O)c2cc(C)n(C3CC3)c2C)c1. The van der Waals surface area contributed by atoms with Gasteiger partial charge < -0.3 is 18.8 Å². The van der Waals surface area contributed by atoms with Crippen molar-refractivity contribution < 1.29 is 19.0 Å². The number of aryl methyl sites for hydroxylation is 1. The standard InChI is InChI=1S/C19H23NO4/c1-12-7-18(13(2)20(12)14-5-6-14)19(21)11-24-17-9-15(22-3)8-16(10-17)23-4/h7-10,14H,5-6,11H2,1-4H3. The molecule has 1 fully saturated rings. The number of methoxy groups -OCH3 is 2. The number of carbonyl (C=O) groups is 1. The molecule has 0 spiro atoms. The molecule has 1 aromatic carbocycles. The van der Waals surface area contributed by atoms with Crippen molar-refractivity contribution in [3.63, 3.8) is 0 Å². The maximum Gasteiger partial charge on any atom is 0.202 e. The average molecular weight is 329 g/mol. The lowest BCUT2D eigenvalue weighted by Gasteiger charge is -2.10. The molecule has 1 saturated carbocycles. The Morgan fingerprint density at radius 3 is 2.17 bits per heavy atom. The van der Waals surface area contributed by atoms with Gasteiger partial charge in [-0.15, -0.1) is 0 Å². The van der Waals surface area contributed by atoms with Gasteiger partial charge in [0.15, 0.2) is 6.61 Å². The lowest BCUT2D eigenvalue weighted by Crippen LogP contribution is -2.13. The van der Waals surface area contributed by atoms with Gasteiger partial charge in [-0.1, -0.05) is 0 Å². The van der Waals surface area contributed by atoms with E-state index in [0.29, 0.717) is 23.3 Å². The molecule has 0 atom stereocenters. The highest BCUT2D eigenvalue weighted by Crippen LogP contribution is 2.38. The van der Waals surface area contributed by atoms with E-state index in [9.17, 15) is 4.79 Å². The van der Waals surface area contributed by atoms with Gasteiger partial charge in [0.1, 0.15) is 17.2 Å². The molecule has 24 heavy (non-hydrogen) atoms. The van der Waals surface area contributed by atoms with Gasteiger partial charge in [-0.2, -0.15) is 0 Å². The number of ketones is 1. The van der Waals surface area contributed by atoms with Crippen LogP contribution < -0.4 is 14.2 Å². The molecule has 1 aliphatic rings. The van der Waals surface area contributed by atoms with E-state index < -0.39 is 0 Å². The zero-order chi connectivity index (χ0) is 17.3. The van der Waals surface area contributed by atoms with Gasteiger partial charge in [-0.25, -0.2) is 0 Å². The maximum atomic E-state index is 12.6. The van der Waals surface area contributed by atoms with Crippen LogP contribution >= 0.6 is 0 Å². The molecule has 0 saturated heterocycles. The number of carbonyl (C=O) groups excluding carboxylic acids is 1. The Kier molecular flexibility index (Phi) is 4.51. The summed E-state index contributed by atoms with van der Waals surface area (Å²) in [5, 5.41) is 0. The van der Waals surface area contributed by atoms with E-state index in [1.165, 1.54) is 12.8 Å². The summed E-state index contributed by atoms with van der Waals surface area (Å²) in [7, 11) is 3.16. The maximum absolute atomic E-state index is 12.6. The molecule has 5 nitrogen and oxygen atoms in total. The van der Waals surface area contributed by atoms with Crippen molar-refractivity contribution in [1.29, 1.82) is 0 Å². The van der Waals surface area contributed by atoms with E-state index in [1.807, 2.05) is 13.0 Å². The quantitative estimate of drug-likeness (QED) is 0.727. The minimum atomic E-state index is -0.0169. The minimum Gasteiger partial charge on any atom is -0.496 e. The van der Waals surface area contributed by atoms with E-state index in [1.54, 1.807) is 32.4 Å². The first-order valence-electron chi connectivity index (χ1n) is 8.11. The number of rotatable bonds is 7. The average Bonchev–Trinajstić information content (AvgIpc) is 3.37. The Labute approximate surface area is 142 Å². The molecule has 128 valence electrons. The number of benzene rings is 1. The van der Waals surface area contributed by atoms with Crippen molar-refractivity contribution >= 4 is 5.78 Å². The number of aromatic nitrogens is 1. The van der Waals surface area contributed by atoms with Gasteiger partial charge >= 0.3 is 0 Å². The molecule has 2 aromatic rings. The van der Waals surface area contributed by atoms with Crippen LogP contribution in [0.1, 0.15) is 40.6 Å². The van der Waals surface area contributed by atoms with Crippen LogP contribution in [0.25, 0.3) is 0 Å². The summed E-state index contributed by atoms with van der Waals surface area (Å²) in [6.07, 6.45) is 2.40. The molecule has 0 amide bonds. The fourth-order valence-electron chi connectivity index (χ4n) is 3.05. The lowest BCUT2D eigenvalue weighted by atomic mass is 10.1. The number of hydrogen-bond donors (Lipinski definition) is 0. The molecule has 5 heteroatoms. The van der Waals surface area contributed by atoms with Crippen LogP contribution in [0.4, 0.5) is 0 Å². The highest BCUT2D eigenvalue weighted by molar-refractivity contribution is 5.98. The van der Waals surface area contributed by atoms with Crippen LogP contribution in [-0.2, 0) is 0 Å². The first kappa shape index (κ1) is 16.4. The van der Waals surface area contributed by atoms with E-state index >= 15 is 0 Å². The third-order valence-electron chi connectivity index (χ3n) is 4.39. The fourth-order valence-corrected chi connectivity index (χ4v) is 3.05. The van der Waals surface area contributed by atoms with Crippen molar-refractivity contribution in [3.05, 3.63) is 41.2 Å². The summed E-state index contributed by atoms with van der Waals surface area (Å²) < 4.78 is 18.4. The summed E-state index contributed by atoms with van der Waals surface area (Å²) >= 11 is 0. The van der Waals surface area contributed by atoms with Crippen molar-refractivity contribution in [2.45, 2.75) is 32.7 Å². The third kappa shape index (κ3) is 3.25. The minimum absolute atomic E-state index is 0.00865. The van der Waals surface area contributed by atoms with Crippen molar-refractivity contribution in [1.82, 2.24) is 4.57 Å². The van der Waals surface area contributed by atoms with Crippen LogP contribution in [0.2, 0.25) is 0 Å². The summed E-state index contributed by atoms with van der Waals surface area (Å²) in [4.78, 5) is 12.6. The summed E-state index contributed by atoms with van der Waals surface area (Å²) in [6, 6.07) is 7.77. The summed E-state index contributed by atoms with van der Waals surface area (Å²) in [6.45, 7) is 4.05. The zero-order valence-electron chi connectivity index (χ0n) is 14.6. The van der Waals surface area contributed by atoms with Gasteiger partial charge in [0, 0.05) is 41.2 Å². The molecule has 3 rings (SSSR count). The van der Waals surface area contributed by atoms with Crippen molar-refractivity contribution in [2.24, 2.45) is 0 Å². The molecule has 1 heterocycles. The van der Waals surface area contributed by atoms with E-state index in [2.05, 4.69) is 11.5 Å². The Balaban J connectivity index is 1.73. The Morgan fingerprint density at radius 2 is 1.62 bits per heavy atom. The van der Waals surface area contributed by atoms with Crippen LogP contribution in [0, 0.1) is 13.8 Å². The number of nitrogens with zero attached hydrogens (tertiary/aromatic N) is 1. The second-order valence-electron chi connectivity index (χ2n) is 6.15. The number of ether oxygens (including phenoxy) is 3. The number of hydrogen-bond acceptors (Lipinski definition) is 4. The smallest absolute Gasteiger partial charge is 0.202 e. The molecule has 0 aliphatic heterocycles. The monoisotopic (exact) mass is 329 g/mol. The van der Waals surface area contributed by atoms with E-state index in [0.717, 1.165) is 17.0 Å². The van der Waals surface area contributed by atoms with Crippen LogP contribution in [0.5, 0.6) is 17.2 Å². The first-order valence-corrected chi connectivity index (χ1v) is 8.11. The first-order chi connectivity index (χ1) is 11.5. The molecule has 0 N–H and O–H groups in total. The Bertz CT molecular complexity index is 737. The fraction of sp³-hybridized carbons (Fsp3) is 0.421. The Morgan fingerprint density at radius 1 is 1.04 bits per heavy atom. The molecule has 0 unspecified atom stereocenters. The largest absolute Gasteiger partial charge is 0.496 e. The highest BCUT2D eigenvalue weighted by atomic mass is 16.5. The predicted octanol–water partition coefficient (Wildman–Crippen LogP) is 3.72. The van der Waals surface area contributed by atoms with Crippen LogP contribution in [0.3, 0.4) is 0 Å². The van der Waals surface area contributed by atoms with E-state index in [-0.39, 0.29) is 12.4 Å². The zero-order valence-corrected chi connectivity index (χ0v) is 14.6. The van der Waals surface area contributed by atoms with Gasteiger partial charge in [-0.3, -0.25) is 4.79 Å². The molecular weight excluding hydrogens is 306 g/mol. The highest BCUT2D eigenvalue weighted by Gasteiger charge is 2.28. The summed E-state index contributed by atoms with van der Waals surface area (Å²) in [5.41, 5.74) is 2.92. The topological polar surface area (TPSA) is 49.7 Å². The lowest BCUT2D eigenvalue weighted by molar-refractivity contribution is 0.0920. The normalized spacial score (nSPS) is 13.7. The molecule has 0 radical (unpaired) electrons. The van der Waals surface area contributed by atoms with Crippen LogP contribution in [0.15, 0.2) is 24.3 Å². The second kappa shape index (κ2) is 6.59. The van der Waals surface area contributed by atoms with Crippen LogP contribution in [-0.4, -0.2) is 31.2 Å². The van der Waals surface area contributed by atoms with Gasteiger partial charge in [-0.05, 0) is 32.8 Å². The molecule has 1 aromatic heterocycles. The van der Waals surface area contributed by atoms with Crippen molar-refractivity contribution in [3.8, 4) is 17.2 Å². The van der Waals surface area contributed by atoms with Crippen molar-refractivity contribution in [2.75, 3.05) is 20.8 Å². The molecule has 1 aliphatic carbocycles. The predicted molar refractivity (Wildman–Crippen MR) is 91.5 cm³/mol. The Hall–Kier alpha value is -2.43. The molecular formula is C19H23NO4. The van der Waals surface area contributed by atoms with Gasteiger partial charge in [0.2, 0.25) is 5.78 Å². The third-order valence-corrected chi connectivity index (χ3v) is 4.39. The van der Waals surface area contributed by atoms with E-state index in [4.69, 9.17) is 14.2 Å².